The Bertz CT molecular complexity index is 788. The first kappa shape index (κ1) is 16.9. The van der Waals surface area contributed by atoms with Crippen molar-refractivity contribution >= 4 is 11.9 Å². The van der Waals surface area contributed by atoms with Crippen LogP contribution in [-0.2, 0) is 6.54 Å². The summed E-state index contributed by atoms with van der Waals surface area (Å²) in [6.45, 7) is 4.27. The average Bonchev–Trinajstić information content (AvgIpc) is 2.66. The lowest BCUT2D eigenvalue weighted by Crippen LogP contribution is -2.32. The van der Waals surface area contributed by atoms with Crippen LogP contribution in [0.1, 0.15) is 46.6 Å². The quantitative estimate of drug-likeness (QED) is 0.928. The van der Waals surface area contributed by atoms with Crippen molar-refractivity contribution in [3.05, 3.63) is 52.8 Å². The van der Waals surface area contributed by atoms with Crippen molar-refractivity contribution in [1.82, 2.24) is 15.3 Å². The third-order valence-electron chi connectivity index (χ3n) is 4.24. The van der Waals surface area contributed by atoms with Gasteiger partial charge in [0.2, 0.25) is 5.95 Å². The summed E-state index contributed by atoms with van der Waals surface area (Å²) in [5, 5.41) is 11.7. The van der Waals surface area contributed by atoms with Gasteiger partial charge in [-0.2, -0.15) is 5.26 Å². The van der Waals surface area contributed by atoms with Crippen LogP contribution < -0.4 is 10.2 Å². The van der Waals surface area contributed by atoms with E-state index < -0.39 is 0 Å². The van der Waals surface area contributed by atoms with E-state index in [0.717, 1.165) is 30.4 Å². The van der Waals surface area contributed by atoms with Gasteiger partial charge in [0, 0.05) is 24.3 Å². The Morgan fingerprint density at radius 3 is 2.60 bits per heavy atom. The van der Waals surface area contributed by atoms with E-state index in [1.807, 2.05) is 19.1 Å². The monoisotopic (exact) mass is 335 g/mol. The van der Waals surface area contributed by atoms with E-state index in [1.54, 1.807) is 24.3 Å². The largest absolute Gasteiger partial charge is 0.346 e. The summed E-state index contributed by atoms with van der Waals surface area (Å²) < 4.78 is 0. The SMILES string of the molecule is Cc1cc(CNC(=O)c2ccc(C#N)cc2)nc(N2CCCCC2)n1. The molecule has 128 valence electrons. The molecule has 1 amide bonds. The maximum absolute atomic E-state index is 12.2. The first-order chi connectivity index (χ1) is 12.2. The number of aromatic nitrogens is 2. The zero-order valence-electron chi connectivity index (χ0n) is 14.3. The van der Waals surface area contributed by atoms with Crippen LogP contribution in [0.25, 0.3) is 0 Å². The lowest BCUT2D eigenvalue weighted by Gasteiger charge is -2.27. The van der Waals surface area contributed by atoms with E-state index >= 15 is 0 Å². The van der Waals surface area contributed by atoms with Crippen molar-refractivity contribution in [3.8, 4) is 6.07 Å². The average molecular weight is 335 g/mol. The van der Waals surface area contributed by atoms with Crippen molar-refractivity contribution in [2.24, 2.45) is 0 Å². The predicted octanol–water partition coefficient (Wildman–Crippen LogP) is 2.58. The van der Waals surface area contributed by atoms with Crippen LogP contribution in [0.15, 0.2) is 30.3 Å². The molecule has 25 heavy (non-hydrogen) atoms. The van der Waals surface area contributed by atoms with Crippen molar-refractivity contribution < 1.29 is 4.79 Å². The van der Waals surface area contributed by atoms with Crippen LogP contribution in [0, 0.1) is 18.3 Å². The fraction of sp³-hybridized carbons (Fsp3) is 0.368. The van der Waals surface area contributed by atoms with Crippen molar-refractivity contribution in [3.63, 3.8) is 0 Å². The minimum absolute atomic E-state index is 0.180. The Balaban J connectivity index is 1.66. The van der Waals surface area contributed by atoms with Gasteiger partial charge in [-0.1, -0.05) is 0 Å². The molecule has 2 aromatic rings. The fourth-order valence-electron chi connectivity index (χ4n) is 2.91. The van der Waals surface area contributed by atoms with Gasteiger partial charge in [-0.15, -0.1) is 0 Å². The Morgan fingerprint density at radius 1 is 1.20 bits per heavy atom. The Kier molecular flexibility index (Phi) is 5.24. The molecule has 0 unspecified atom stereocenters. The topological polar surface area (TPSA) is 81.9 Å². The highest BCUT2D eigenvalue weighted by Gasteiger charge is 2.15. The van der Waals surface area contributed by atoms with Gasteiger partial charge < -0.3 is 10.2 Å². The minimum atomic E-state index is -0.180. The molecule has 0 bridgehead atoms. The molecule has 0 saturated carbocycles. The number of nitrogens with zero attached hydrogens (tertiary/aromatic N) is 4. The summed E-state index contributed by atoms with van der Waals surface area (Å²) in [7, 11) is 0. The zero-order valence-corrected chi connectivity index (χ0v) is 14.3. The zero-order chi connectivity index (χ0) is 17.6. The summed E-state index contributed by atoms with van der Waals surface area (Å²) in [4.78, 5) is 23.6. The van der Waals surface area contributed by atoms with E-state index in [2.05, 4.69) is 20.2 Å². The number of hydrogen-bond donors (Lipinski definition) is 1. The van der Waals surface area contributed by atoms with Gasteiger partial charge in [0.1, 0.15) is 0 Å². The van der Waals surface area contributed by atoms with Crippen LogP contribution in [0.3, 0.4) is 0 Å². The summed E-state index contributed by atoms with van der Waals surface area (Å²) >= 11 is 0. The smallest absolute Gasteiger partial charge is 0.251 e. The number of nitrogens with one attached hydrogen (secondary N) is 1. The number of carbonyl (C=O) groups is 1. The molecule has 0 atom stereocenters. The first-order valence-corrected chi connectivity index (χ1v) is 8.53. The van der Waals surface area contributed by atoms with Gasteiger partial charge in [0.25, 0.3) is 5.91 Å². The Hall–Kier alpha value is -2.94. The number of benzene rings is 1. The molecule has 1 aliphatic heterocycles. The second-order valence-electron chi connectivity index (χ2n) is 6.22. The fourth-order valence-corrected chi connectivity index (χ4v) is 2.91. The minimum Gasteiger partial charge on any atom is -0.346 e. The molecule has 6 nitrogen and oxygen atoms in total. The first-order valence-electron chi connectivity index (χ1n) is 8.53. The van der Waals surface area contributed by atoms with E-state index in [4.69, 9.17) is 5.26 Å². The lowest BCUT2D eigenvalue weighted by molar-refractivity contribution is 0.0950. The number of nitriles is 1. The molecule has 0 spiro atoms. The molecule has 3 rings (SSSR count). The molecular formula is C19H21N5O. The summed E-state index contributed by atoms with van der Waals surface area (Å²) in [6, 6.07) is 10.5. The molecule has 1 N–H and O–H groups in total. The second kappa shape index (κ2) is 7.75. The predicted molar refractivity (Wildman–Crippen MR) is 95.2 cm³/mol. The second-order valence-corrected chi connectivity index (χ2v) is 6.22. The third kappa shape index (κ3) is 4.32. The normalized spacial score (nSPS) is 14.0. The van der Waals surface area contributed by atoms with E-state index in [0.29, 0.717) is 17.7 Å². The molecule has 1 aromatic heterocycles. The van der Waals surface area contributed by atoms with Gasteiger partial charge in [0.15, 0.2) is 0 Å². The van der Waals surface area contributed by atoms with Gasteiger partial charge in [-0.05, 0) is 56.5 Å². The number of anilines is 1. The molecule has 2 heterocycles. The standard InChI is InChI=1S/C19H21N5O/c1-14-11-17(23-19(22-14)24-9-3-2-4-10-24)13-21-18(25)16-7-5-15(12-20)6-8-16/h5-8,11H,2-4,9-10,13H2,1H3,(H,21,25). The van der Waals surface area contributed by atoms with Crippen molar-refractivity contribution in [1.29, 1.82) is 5.26 Å². The molecular weight excluding hydrogens is 314 g/mol. The molecule has 1 fully saturated rings. The van der Waals surface area contributed by atoms with E-state index in [9.17, 15) is 4.79 Å². The van der Waals surface area contributed by atoms with Crippen LogP contribution in [0.4, 0.5) is 5.95 Å². The van der Waals surface area contributed by atoms with Crippen molar-refractivity contribution in [2.75, 3.05) is 18.0 Å². The molecule has 1 aliphatic rings. The van der Waals surface area contributed by atoms with E-state index in [1.165, 1.54) is 19.3 Å². The number of amides is 1. The maximum atomic E-state index is 12.2. The molecule has 1 aromatic carbocycles. The Labute approximate surface area is 147 Å². The number of aryl methyl sites for hydroxylation is 1. The highest BCUT2D eigenvalue weighted by molar-refractivity contribution is 5.94. The third-order valence-corrected chi connectivity index (χ3v) is 4.24. The lowest BCUT2D eigenvalue weighted by atomic mass is 10.1. The summed E-state index contributed by atoms with van der Waals surface area (Å²) in [5.74, 6) is 0.572. The van der Waals surface area contributed by atoms with Crippen LogP contribution >= 0.6 is 0 Å². The maximum Gasteiger partial charge on any atom is 0.251 e. The number of carbonyl (C=O) groups excluding carboxylic acids is 1. The van der Waals surface area contributed by atoms with Crippen molar-refractivity contribution in [2.45, 2.75) is 32.7 Å². The number of piperidine rings is 1. The van der Waals surface area contributed by atoms with E-state index in [-0.39, 0.29) is 5.91 Å². The molecule has 1 saturated heterocycles. The van der Waals surface area contributed by atoms with Crippen LogP contribution in [0.5, 0.6) is 0 Å². The highest BCUT2D eigenvalue weighted by Crippen LogP contribution is 2.16. The van der Waals surface area contributed by atoms with Gasteiger partial charge in [-0.25, -0.2) is 9.97 Å². The van der Waals surface area contributed by atoms with Crippen LogP contribution in [-0.4, -0.2) is 29.0 Å². The summed E-state index contributed by atoms with van der Waals surface area (Å²) in [6.07, 6.45) is 3.60. The number of hydrogen-bond acceptors (Lipinski definition) is 5. The Morgan fingerprint density at radius 2 is 1.92 bits per heavy atom. The van der Waals surface area contributed by atoms with Gasteiger partial charge >= 0.3 is 0 Å². The van der Waals surface area contributed by atoms with Crippen LogP contribution in [0.2, 0.25) is 0 Å². The summed E-state index contributed by atoms with van der Waals surface area (Å²) in [5.41, 5.74) is 2.77. The highest BCUT2D eigenvalue weighted by atomic mass is 16.1. The van der Waals surface area contributed by atoms with Gasteiger partial charge in [0.05, 0.1) is 23.9 Å². The number of rotatable bonds is 4. The molecule has 0 radical (unpaired) electrons. The van der Waals surface area contributed by atoms with Gasteiger partial charge in [-0.3, -0.25) is 4.79 Å². The molecule has 0 aliphatic carbocycles. The molecule has 6 heteroatoms.